The molecule has 0 aliphatic carbocycles. The van der Waals surface area contributed by atoms with Gasteiger partial charge in [-0.1, -0.05) is 52.3 Å². The highest BCUT2D eigenvalue weighted by atomic mass is 79.9. The topological polar surface area (TPSA) is 84.5 Å². The minimum absolute atomic E-state index is 0.0522. The van der Waals surface area contributed by atoms with Crippen LogP contribution < -0.4 is 14.8 Å². The second-order valence-corrected chi connectivity index (χ2v) is 9.73. The molecule has 32 heavy (non-hydrogen) atoms. The van der Waals surface area contributed by atoms with E-state index >= 15 is 0 Å². The van der Waals surface area contributed by atoms with Gasteiger partial charge in [-0.15, -0.1) is 0 Å². The molecule has 0 aliphatic rings. The number of hydrogen-bond acceptors (Lipinski definition) is 4. The molecule has 6 nitrogen and oxygen atoms in total. The van der Waals surface area contributed by atoms with E-state index in [1.807, 2.05) is 6.07 Å². The molecule has 2 N–H and O–H groups in total. The van der Waals surface area contributed by atoms with Crippen LogP contribution in [-0.2, 0) is 21.2 Å². The van der Waals surface area contributed by atoms with Crippen molar-refractivity contribution in [2.75, 3.05) is 12.4 Å². The van der Waals surface area contributed by atoms with Crippen LogP contribution in [0.25, 0.3) is 0 Å². The summed E-state index contributed by atoms with van der Waals surface area (Å²) in [5.74, 6) is -1.18. The van der Waals surface area contributed by atoms with Gasteiger partial charge in [0.25, 0.3) is 0 Å². The highest BCUT2D eigenvalue weighted by molar-refractivity contribution is 9.10. The molecule has 3 rings (SSSR count). The van der Waals surface area contributed by atoms with Crippen LogP contribution in [0.2, 0.25) is 0 Å². The lowest BCUT2D eigenvalue weighted by atomic mass is 10.1. The first-order valence-electron chi connectivity index (χ1n) is 9.66. The highest BCUT2D eigenvalue weighted by Crippen LogP contribution is 2.25. The monoisotopic (exact) mass is 520 g/mol. The molecule has 168 valence electrons. The summed E-state index contributed by atoms with van der Waals surface area (Å²) in [6.45, 7) is 1.75. The molecule has 0 aliphatic heterocycles. The predicted molar refractivity (Wildman–Crippen MR) is 125 cm³/mol. The van der Waals surface area contributed by atoms with E-state index in [0.717, 1.165) is 5.56 Å². The number of rotatable bonds is 8. The largest absolute Gasteiger partial charge is 0.495 e. The standard InChI is InChI=1S/C23H22BrFN2O4S/c1-15-8-11-21(31-2)22(12-15)32(29,30)27-20(13-16-6-4-3-5-7-16)23(28)26-19-10-9-17(24)14-18(19)25/h3-12,14,20,27H,13H2,1-2H3,(H,26,28)/t20-/m1/s1. The summed E-state index contributed by atoms with van der Waals surface area (Å²) < 4.78 is 48.8. The lowest BCUT2D eigenvalue weighted by molar-refractivity contribution is -0.117. The summed E-state index contributed by atoms with van der Waals surface area (Å²) in [6, 6.07) is 16.7. The highest BCUT2D eigenvalue weighted by Gasteiger charge is 2.29. The first-order chi connectivity index (χ1) is 15.2. The minimum atomic E-state index is -4.14. The van der Waals surface area contributed by atoms with E-state index in [4.69, 9.17) is 4.74 Å². The molecule has 0 bridgehead atoms. The molecule has 1 amide bonds. The fourth-order valence-electron chi connectivity index (χ4n) is 3.09. The van der Waals surface area contributed by atoms with Gasteiger partial charge in [-0.2, -0.15) is 4.72 Å². The molecule has 0 spiro atoms. The first-order valence-corrected chi connectivity index (χ1v) is 11.9. The Balaban J connectivity index is 1.93. The van der Waals surface area contributed by atoms with E-state index in [-0.39, 0.29) is 22.8 Å². The Kier molecular flexibility index (Phi) is 7.65. The predicted octanol–water partition coefficient (Wildman–Crippen LogP) is 4.43. The number of carbonyl (C=O) groups is 1. The van der Waals surface area contributed by atoms with Crippen LogP contribution >= 0.6 is 15.9 Å². The lowest BCUT2D eigenvalue weighted by Crippen LogP contribution is -2.45. The Hall–Kier alpha value is -2.75. The van der Waals surface area contributed by atoms with Crippen LogP contribution in [0.5, 0.6) is 5.75 Å². The van der Waals surface area contributed by atoms with Crippen molar-refractivity contribution in [2.45, 2.75) is 24.3 Å². The molecule has 3 aromatic rings. The van der Waals surface area contributed by atoms with Crippen molar-refractivity contribution in [2.24, 2.45) is 0 Å². The summed E-state index contributed by atoms with van der Waals surface area (Å²) >= 11 is 3.16. The Morgan fingerprint density at radius 2 is 1.81 bits per heavy atom. The van der Waals surface area contributed by atoms with Gasteiger partial charge in [0.05, 0.1) is 12.8 Å². The van der Waals surface area contributed by atoms with Gasteiger partial charge in [0.15, 0.2) is 0 Å². The van der Waals surface area contributed by atoms with Crippen molar-refractivity contribution in [3.63, 3.8) is 0 Å². The zero-order valence-electron chi connectivity index (χ0n) is 17.4. The van der Waals surface area contributed by atoms with Crippen LogP contribution in [-0.4, -0.2) is 27.5 Å². The zero-order chi connectivity index (χ0) is 23.3. The summed E-state index contributed by atoms with van der Waals surface area (Å²) in [5.41, 5.74) is 1.40. The van der Waals surface area contributed by atoms with Crippen LogP contribution in [0, 0.1) is 12.7 Å². The average Bonchev–Trinajstić information content (AvgIpc) is 2.75. The summed E-state index contributed by atoms with van der Waals surface area (Å²) in [6.07, 6.45) is 0.0676. The number of ether oxygens (including phenoxy) is 1. The maximum atomic E-state index is 14.2. The fourth-order valence-corrected chi connectivity index (χ4v) is 4.88. The van der Waals surface area contributed by atoms with Crippen LogP contribution in [0.1, 0.15) is 11.1 Å². The van der Waals surface area contributed by atoms with Gasteiger partial charge in [-0.3, -0.25) is 4.79 Å². The van der Waals surface area contributed by atoms with E-state index in [1.54, 1.807) is 49.4 Å². The molecule has 0 saturated carbocycles. The molecular weight excluding hydrogens is 499 g/mol. The van der Waals surface area contributed by atoms with E-state index in [0.29, 0.717) is 10.0 Å². The number of sulfonamides is 1. The molecule has 3 aromatic carbocycles. The Morgan fingerprint density at radius 3 is 2.47 bits per heavy atom. The van der Waals surface area contributed by atoms with Gasteiger partial charge in [0.1, 0.15) is 22.5 Å². The van der Waals surface area contributed by atoms with E-state index in [1.165, 1.54) is 25.3 Å². The van der Waals surface area contributed by atoms with Crippen molar-refractivity contribution in [1.29, 1.82) is 0 Å². The number of nitrogens with one attached hydrogen (secondary N) is 2. The van der Waals surface area contributed by atoms with Gasteiger partial charge in [0.2, 0.25) is 15.9 Å². The molecular formula is C23H22BrFN2O4S. The molecule has 0 unspecified atom stereocenters. The van der Waals surface area contributed by atoms with Gasteiger partial charge >= 0.3 is 0 Å². The van der Waals surface area contributed by atoms with Gasteiger partial charge in [0, 0.05) is 4.47 Å². The summed E-state index contributed by atoms with van der Waals surface area (Å²) in [7, 11) is -2.77. The molecule has 9 heteroatoms. The van der Waals surface area contributed by atoms with E-state index in [9.17, 15) is 17.6 Å². The van der Waals surface area contributed by atoms with E-state index < -0.39 is 27.8 Å². The fraction of sp³-hybridized carbons (Fsp3) is 0.174. The average molecular weight is 521 g/mol. The summed E-state index contributed by atoms with van der Waals surface area (Å²) in [4.78, 5) is 13.0. The van der Waals surface area contributed by atoms with Crippen LogP contribution in [0.4, 0.5) is 10.1 Å². The zero-order valence-corrected chi connectivity index (χ0v) is 19.8. The van der Waals surface area contributed by atoms with Crippen molar-refractivity contribution in [1.82, 2.24) is 4.72 Å². The first kappa shape index (κ1) is 23.9. The number of benzene rings is 3. The second kappa shape index (κ2) is 10.2. The second-order valence-electron chi connectivity index (χ2n) is 7.13. The van der Waals surface area contributed by atoms with Crippen LogP contribution in [0.15, 0.2) is 76.1 Å². The quantitative estimate of drug-likeness (QED) is 0.460. The number of hydrogen-bond donors (Lipinski definition) is 2. The van der Waals surface area contributed by atoms with Crippen molar-refractivity contribution in [3.05, 3.63) is 88.1 Å². The number of amides is 1. The SMILES string of the molecule is COc1ccc(C)cc1S(=O)(=O)N[C@H](Cc1ccccc1)C(=O)Nc1ccc(Br)cc1F. The maximum absolute atomic E-state index is 14.2. The molecule has 1 atom stereocenters. The van der Waals surface area contributed by atoms with Gasteiger partial charge in [-0.25, -0.2) is 12.8 Å². The van der Waals surface area contributed by atoms with Gasteiger partial charge in [-0.05, 0) is 54.8 Å². The molecule has 0 fully saturated rings. The number of methoxy groups -OCH3 is 1. The Bertz CT molecular complexity index is 1220. The maximum Gasteiger partial charge on any atom is 0.245 e. The van der Waals surface area contributed by atoms with Gasteiger partial charge < -0.3 is 10.1 Å². The molecule has 0 saturated heterocycles. The minimum Gasteiger partial charge on any atom is -0.495 e. The number of aryl methyl sites for hydroxylation is 1. The number of carbonyl (C=O) groups excluding carboxylic acids is 1. The number of halogens is 2. The lowest BCUT2D eigenvalue weighted by Gasteiger charge is -2.20. The Morgan fingerprint density at radius 1 is 1.09 bits per heavy atom. The Labute approximate surface area is 195 Å². The van der Waals surface area contributed by atoms with Crippen LogP contribution in [0.3, 0.4) is 0 Å². The number of anilines is 1. The molecule has 0 radical (unpaired) electrons. The third kappa shape index (κ3) is 5.93. The summed E-state index contributed by atoms with van der Waals surface area (Å²) in [5, 5.41) is 2.48. The normalized spacial score (nSPS) is 12.2. The van der Waals surface area contributed by atoms with Crippen molar-refractivity contribution < 1.29 is 22.3 Å². The van der Waals surface area contributed by atoms with Crippen molar-refractivity contribution >= 4 is 37.5 Å². The van der Waals surface area contributed by atoms with Crippen molar-refractivity contribution in [3.8, 4) is 5.75 Å². The molecule has 0 heterocycles. The van der Waals surface area contributed by atoms with E-state index in [2.05, 4.69) is 26.0 Å². The smallest absolute Gasteiger partial charge is 0.245 e. The molecule has 0 aromatic heterocycles. The third-order valence-corrected chi connectivity index (χ3v) is 6.68. The third-order valence-electron chi connectivity index (χ3n) is 4.69.